The Balaban J connectivity index is 1.64. The molecule has 0 N–H and O–H groups in total. The number of nitriles is 1. The van der Waals surface area contributed by atoms with Crippen molar-refractivity contribution in [1.29, 1.82) is 5.26 Å². The quantitative estimate of drug-likeness (QED) is 0.158. The molecular formula is C35H33FN4O5. The summed E-state index contributed by atoms with van der Waals surface area (Å²) in [5.74, 6) is -0.137. The highest BCUT2D eigenvalue weighted by molar-refractivity contribution is 6.03. The van der Waals surface area contributed by atoms with E-state index in [0.29, 0.717) is 65.7 Å². The second-order valence-electron chi connectivity index (χ2n) is 11.6. The number of hydrogen-bond acceptors (Lipinski definition) is 8. The van der Waals surface area contributed by atoms with E-state index in [9.17, 15) is 19.2 Å². The number of ether oxygens (including phenoxy) is 3. The molecule has 230 valence electrons. The third kappa shape index (κ3) is 7.16. The van der Waals surface area contributed by atoms with E-state index in [4.69, 9.17) is 19.2 Å². The van der Waals surface area contributed by atoms with Gasteiger partial charge in [-0.15, -0.1) is 0 Å². The average molecular weight is 609 g/mol. The zero-order valence-electron chi connectivity index (χ0n) is 25.6. The standard InChI is InChI=1S/C35H33FN4O5/c1-35(2,3)45-34(42)39-27-10-12-40(13-11-27)32-29-17-23(28-7-5-6-24(18-37)33(28)44-21-43-4)8-9-31(29)38-19-30(32)25-14-22(20-41)15-26(36)16-25/h5-9,14-17,19-20H,10-13,21H2,1-4H3. The van der Waals surface area contributed by atoms with Gasteiger partial charge in [0, 0.05) is 67.0 Å². The number of anilines is 1. The number of para-hydroxylation sites is 1. The maximum atomic E-state index is 14.7. The van der Waals surface area contributed by atoms with Gasteiger partial charge in [-0.3, -0.25) is 9.78 Å². The third-order valence-electron chi connectivity index (χ3n) is 7.27. The van der Waals surface area contributed by atoms with Crippen LogP contribution in [0, 0.1) is 17.1 Å². The van der Waals surface area contributed by atoms with Gasteiger partial charge in [0.1, 0.15) is 29.5 Å². The second kappa shape index (κ2) is 13.2. The van der Waals surface area contributed by atoms with Gasteiger partial charge < -0.3 is 19.1 Å². The molecule has 0 saturated carbocycles. The Morgan fingerprint density at radius 2 is 1.87 bits per heavy atom. The van der Waals surface area contributed by atoms with Gasteiger partial charge in [-0.05, 0) is 68.3 Å². The van der Waals surface area contributed by atoms with Crippen molar-refractivity contribution in [2.45, 2.75) is 39.2 Å². The summed E-state index contributed by atoms with van der Waals surface area (Å²) in [7, 11) is 1.51. The fourth-order valence-corrected chi connectivity index (χ4v) is 5.37. The molecule has 0 spiro atoms. The lowest BCUT2D eigenvalue weighted by atomic mass is 9.95. The third-order valence-corrected chi connectivity index (χ3v) is 7.27. The lowest BCUT2D eigenvalue weighted by Crippen LogP contribution is -2.35. The van der Waals surface area contributed by atoms with Gasteiger partial charge in [-0.1, -0.05) is 18.2 Å². The molecule has 0 bridgehead atoms. The number of fused-ring (bicyclic) bond motifs is 1. The van der Waals surface area contributed by atoms with Crippen molar-refractivity contribution in [2.75, 3.05) is 31.9 Å². The molecule has 1 aliphatic heterocycles. The van der Waals surface area contributed by atoms with Gasteiger partial charge >= 0.3 is 6.09 Å². The van der Waals surface area contributed by atoms with Crippen molar-refractivity contribution in [2.24, 2.45) is 4.99 Å². The number of pyridine rings is 1. The average Bonchev–Trinajstić information content (AvgIpc) is 3.02. The van der Waals surface area contributed by atoms with Crippen molar-refractivity contribution >= 4 is 34.7 Å². The zero-order chi connectivity index (χ0) is 32.1. The van der Waals surface area contributed by atoms with Gasteiger partial charge in [0.15, 0.2) is 6.79 Å². The Labute approximate surface area is 260 Å². The maximum absolute atomic E-state index is 14.7. The van der Waals surface area contributed by atoms with Gasteiger partial charge in [0.05, 0.1) is 16.8 Å². The maximum Gasteiger partial charge on any atom is 0.434 e. The van der Waals surface area contributed by atoms with Crippen LogP contribution in [0.4, 0.5) is 14.9 Å². The first-order valence-electron chi connectivity index (χ1n) is 14.5. The van der Waals surface area contributed by atoms with Crippen molar-refractivity contribution in [3.05, 3.63) is 77.7 Å². The number of nitrogens with zero attached hydrogens (tertiary/aromatic N) is 4. The number of hydrogen-bond donors (Lipinski definition) is 0. The largest absolute Gasteiger partial charge is 0.466 e. The summed E-state index contributed by atoms with van der Waals surface area (Å²) in [6.07, 6.45) is 2.73. The minimum absolute atomic E-state index is 0.0319. The predicted molar refractivity (Wildman–Crippen MR) is 170 cm³/mol. The number of piperidine rings is 1. The number of aromatic nitrogens is 1. The topological polar surface area (TPSA) is 114 Å². The lowest BCUT2D eigenvalue weighted by Gasteiger charge is -2.32. The van der Waals surface area contributed by atoms with E-state index in [0.717, 1.165) is 22.3 Å². The molecule has 1 fully saturated rings. The van der Waals surface area contributed by atoms with Crippen LogP contribution in [-0.2, 0) is 9.47 Å². The smallest absolute Gasteiger partial charge is 0.434 e. The van der Waals surface area contributed by atoms with E-state index in [1.807, 2.05) is 24.3 Å². The Morgan fingerprint density at radius 3 is 2.56 bits per heavy atom. The Morgan fingerprint density at radius 1 is 1.09 bits per heavy atom. The predicted octanol–water partition coefficient (Wildman–Crippen LogP) is 7.35. The first kappa shape index (κ1) is 31.3. The number of carbonyl (C=O) groups excluding carboxylic acids is 2. The minimum atomic E-state index is -0.642. The molecule has 9 nitrogen and oxygen atoms in total. The van der Waals surface area contributed by atoms with Crippen LogP contribution in [-0.4, -0.2) is 55.7 Å². The molecule has 45 heavy (non-hydrogen) atoms. The van der Waals surface area contributed by atoms with E-state index in [1.54, 1.807) is 45.2 Å². The number of carbonyl (C=O) groups is 2. The molecule has 0 unspecified atom stereocenters. The number of amides is 1. The van der Waals surface area contributed by atoms with Crippen LogP contribution >= 0.6 is 0 Å². The van der Waals surface area contributed by atoms with E-state index < -0.39 is 17.5 Å². The zero-order valence-corrected chi connectivity index (χ0v) is 25.6. The van der Waals surface area contributed by atoms with Gasteiger partial charge in [0.2, 0.25) is 0 Å². The number of halogens is 1. The monoisotopic (exact) mass is 608 g/mol. The molecule has 1 aliphatic rings. The lowest BCUT2D eigenvalue weighted by molar-refractivity contribution is 0.0513. The summed E-state index contributed by atoms with van der Waals surface area (Å²) in [6.45, 7) is 6.41. The number of rotatable bonds is 7. The second-order valence-corrected chi connectivity index (χ2v) is 11.6. The van der Waals surface area contributed by atoms with Crippen LogP contribution in [0.1, 0.15) is 49.5 Å². The molecular weight excluding hydrogens is 575 g/mol. The van der Waals surface area contributed by atoms with E-state index in [1.165, 1.54) is 19.2 Å². The molecule has 4 aromatic rings. The minimum Gasteiger partial charge on any atom is -0.466 e. The first-order chi connectivity index (χ1) is 21.6. The highest BCUT2D eigenvalue weighted by Crippen LogP contribution is 2.41. The fourth-order valence-electron chi connectivity index (χ4n) is 5.37. The summed E-state index contributed by atoms with van der Waals surface area (Å²) in [5, 5.41) is 10.5. The molecule has 5 rings (SSSR count). The van der Waals surface area contributed by atoms with Crippen molar-refractivity contribution < 1.29 is 28.2 Å². The highest BCUT2D eigenvalue weighted by Gasteiger charge is 2.24. The summed E-state index contributed by atoms with van der Waals surface area (Å²) in [6, 6.07) is 17.5. The molecule has 0 aliphatic carbocycles. The molecule has 3 aromatic carbocycles. The number of aliphatic imine (C=N–C) groups is 1. The summed E-state index contributed by atoms with van der Waals surface area (Å²) in [5.41, 5.74) is 4.82. The molecule has 1 saturated heterocycles. The molecule has 0 atom stereocenters. The van der Waals surface area contributed by atoms with Crippen molar-refractivity contribution in [3.63, 3.8) is 0 Å². The number of methoxy groups -OCH3 is 1. The molecule has 1 amide bonds. The van der Waals surface area contributed by atoms with Crippen molar-refractivity contribution in [3.8, 4) is 34.1 Å². The molecule has 2 heterocycles. The Hall–Kier alpha value is -5.14. The number of benzene rings is 3. The molecule has 0 radical (unpaired) electrons. The van der Waals surface area contributed by atoms with Crippen LogP contribution in [0.2, 0.25) is 0 Å². The van der Waals surface area contributed by atoms with Crippen LogP contribution in [0.15, 0.2) is 65.8 Å². The van der Waals surface area contributed by atoms with E-state index in [2.05, 4.69) is 16.0 Å². The van der Waals surface area contributed by atoms with Crippen LogP contribution in [0.3, 0.4) is 0 Å². The number of aldehydes is 1. The van der Waals surface area contributed by atoms with Gasteiger partial charge in [0.25, 0.3) is 0 Å². The first-order valence-corrected chi connectivity index (χ1v) is 14.5. The van der Waals surface area contributed by atoms with Crippen LogP contribution < -0.4 is 9.64 Å². The Kier molecular flexibility index (Phi) is 9.21. The highest BCUT2D eigenvalue weighted by atomic mass is 19.1. The van der Waals surface area contributed by atoms with Gasteiger partial charge in [-0.2, -0.15) is 10.3 Å². The summed E-state index contributed by atoms with van der Waals surface area (Å²) >= 11 is 0. The summed E-state index contributed by atoms with van der Waals surface area (Å²) in [4.78, 5) is 35.1. The fraction of sp³-hybridized carbons (Fsp3) is 0.286. The van der Waals surface area contributed by atoms with Crippen molar-refractivity contribution in [1.82, 2.24) is 4.98 Å². The van der Waals surface area contributed by atoms with E-state index >= 15 is 0 Å². The summed E-state index contributed by atoms with van der Waals surface area (Å²) < 4.78 is 31.0. The van der Waals surface area contributed by atoms with Gasteiger partial charge in [-0.25, -0.2) is 9.18 Å². The van der Waals surface area contributed by atoms with E-state index in [-0.39, 0.29) is 12.4 Å². The van der Waals surface area contributed by atoms with Crippen LogP contribution in [0.25, 0.3) is 33.2 Å². The molecule has 10 heteroatoms. The molecule has 1 aromatic heterocycles. The Bertz CT molecular complexity index is 1830. The SMILES string of the molecule is COCOc1c(C#N)cccc1-c1ccc2ncc(-c3cc(F)cc(C=O)c3)c(N3CCC(=NC(=O)OC(C)(C)C)CC3)c2c1. The normalized spacial score (nSPS) is 13.3. The van der Waals surface area contributed by atoms with Crippen LogP contribution in [0.5, 0.6) is 5.75 Å².